The zero-order valence-corrected chi connectivity index (χ0v) is 19.2. The normalized spacial score (nSPS) is 16.4. The molecule has 154 valence electrons. The van der Waals surface area contributed by atoms with Gasteiger partial charge in [0.05, 0.1) is 22.4 Å². The molecule has 0 bridgehead atoms. The molecule has 0 saturated heterocycles. The van der Waals surface area contributed by atoms with E-state index in [1.807, 2.05) is 6.07 Å². The molecular formula is C21H16BrClN2O4S. The van der Waals surface area contributed by atoms with Gasteiger partial charge in [-0.3, -0.25) is 9.36 Å². The standard InChI is InChI=1S/C21H16BrClN2O4S/c1-3-28-20(27)17-11(2)24-21-25(18(17)13-6-4-5-7-14(13)23)19(26)15(30-21)10-12-8-9-16(22)29-12/h4-10,18H,3H2,1-2H3/b15-10-/t18-/m0/s1. The first kappa shape index (κ1) is 20.8. The van der Waals surface area contributed by atoms with Crippen LogP contribution in [0, 0.1) is 0 Å². The number of rotatable bonds is 4. The minimum atomic E-state index is -0.737. The molecule has 3 heterocycles. The van der Waals surface area contributed by atoms with Crippen molar-refractivity contribution in [2.24, 2.45) is 4.99 Å². The number of furan rings is 1. The van der Waals surface area contributed by atoms with Crippen LogP contribution in [0.1, 0.15) is 31.2 Å². The van der Waals surface area contributed by atoms with Crippen LogP contribution in [0.4, 0.5) is 0 Å². The predicted octanol–water partition coefficient (Wildman–Crippen LogP) is 3.81. The van der Waals surface area contributed by atoms with Crippen molar-refractivity contribution >= 4 is 50.9 Å². The van der Waals surface area contributed by atoms with E-state index >= 15 is 0 Å². The Kier molecular flexibility index (Phi) is 5.81. The Hall–Kier alpha value is -2.42. The van der Waals surface area contributed by atoms with Crippen molar-refractivity contribution in [1.29, 1.82) is 0 Å². The number of carbonyl (C=O) groups excluding carboxylic acids is 1. The second-order valence-corrected chi connectivity index (χ2v) is 8.66. The highest BCUT2D eigenvalue weighted by Crippen LogP contribution is 2.34. The number of fused-ring (bicyclic) bond motifs is 1. The van der Waals surface area contributed by atoms with Gasteiger partial charge in [-0.1, -0.05) is 41.1 Å². The summed E-state index contributed by atoms with van der Waals surface area (Å²) in [6.07, 6.45) is 1.65. The molecule has 0 fully saturated rings. The molecular weight excluding hydrogens is 492 g/mol. The average Bonchev–Trinajstić information content (AvgIpc) is 3.24. The molecule has 30 heavy (non-hydrogen) atoms. The number of allylic oxidation sites excluding steroid dienone is 1. The molecule has 1 aliphatic rings. The Bertz CT molecular complexity index is 1350. The van der Waals surface area contributed by atoms with Gasteiger partial charge in [0, 0.05) is 11.1 Å². The highest BCUT2D eigenvalue weighted by Gasteiger charge is 2.34. The fourth-order valence-electron chi connectivity index (χ4n) is 3.32. The number of benzene rings is 1. The van der Waals surface area contributed by atoms with Gasteiger partial charge >= 0.3 is 5.97 Å². The van der Waals surface area contributed by atoms with Crippen molar-refractivity contribution in [2.75, 3.05) is 6.61 Å². The fourth-order valence-corrected chi connectivity index (χ4v) is 4.90. The summed E-state index contributed by atoms with van der Waals surface area (Å²) in [5.74, 6) is 0.00989. The van der Waals surface area contributed by atoms with Gasteiger partial charge in [0.1, 0.15) is 11.8 Å². The summed E-state index contributed by atoms with van der Waals surface area (Å²) in [6.45, 7) is 3.68. The van der Waals surface area contributed by atoms with Crippen LogP contribution in [0.2, 0.25) is 5.02 Å². The molecule has 2 aromatic heterocycles. The van der Waals surface area contributed by atoms with Crippen molar-refractivity contribution in [3.8, 4) is 0 Å². The Balaban J connectivity index is 1.99. The van der Waals surface area contributed by atoms with Crippen LogP contribution < -0.4 is 14.9 Å². The molecule has 1 atom stereocenters. The number of aromatic nitrogens is 1. The summed E-state index contributed by atoms with van der Waals surface area (Å²) >= 11 is 10.9. The van der Waals surface area contributed by atoms with Gasteiger partial charge in [0.15, 0.2) is 9.47 Å². The molecule has 9 heteroatoms. The molecule has 4 rings (SSSR count). The van der Waals surface area contributed by atoms with E-state index in [-0.39, 0.29) is 12.2 Å². The Morgan fingerprint density at radius 2 is 2.13 bits per heavy atom. The van der Waals surface area contributed by atoms with Crippen molar-refractivity contribution in [2.45, 2.75) is 19.9 Å². The van der Waals surface area contributed by atoms with E-state index < -0.39 is 12.0 Å². The largest absolute Gasteiger partial charge is 0.463 e. The number of esters is 1. The number of hydrogen-bond acceptors (Lipinski definition) is 6. The zero-order valence-electron chi connectivity index (χ0n) is 16.0. The highest BCUT2D eigenvalue weighted by molar-refractivity contribution is 9.10. The van der Waals surface area contributed by atoms with Crippen LogP contribution in [0.3, 0.4) is 0 Å². The molecule has 1 aliphatic heterocycles. The van der Waals surface area contributed by atoms with Gasteiger partial charge in [0.25, 0.3) is 5.56 Å². The minimum absolute atomic E-state index is 0.211. The lowest BCUT2D eigenvalue weighted by atomic mass is 9.96. The monoisotopic (exact) mass is 506 g/mol. The lowest BCUT2D eigenvalue weighted by molar-refractivity contribution is -0.139. The molecule has 0 spiro atoms. The average molecular weight is 508 g/mol. The number of hydrogen-bond donors (Lipinski definition) is 0. The van der Waals surface area contributed by atoms with Gasteiger partial charge in [0.2, 0.25) is 0 Å². The maximum atomic E-state index is 13.4. The van der Waals surface area contributed by atoms with Crippen LogP contribution in [-0.4, -0.2) is 17.1 Å². The van der Waals surface area contributed by atoms with E-state index in [2.05, 4.69) is 20.9 Å². The second kappa shape index (κ2) is 8.37. The number of carbonyl (C=O) groups is 1. The first-order valence-corrected chi connectivity index (χ1v) is 11.1. The quantitative estimate of drug-likeness (QED) is 0.504. The van der Waals surface area contributed by atoms with Crippen molar-refractivity contribution in [1.82, 2.24) is 4.57 Å². The van der Waals surface area contributed by atoms with Crippen molar-refractivity contribution in [3.63, 3.8) is 0 Å². The smallest absolute Gasteiger partial charge is 0.338 e. The molecule has 0 N–H and O–H groups in total. The van der Waals surface area contributed by atoms with Gasteiger partial charge in [-0.25, -0.2) is 9.79 Å². The fraction of sp³-hybridized carbons (Fsp3) is 0.190. The second-order valence-electron chi connectivity index (χ2n) is 6.47. The van der Waals surface area contributed by atoms with E-state index in [0.717, 1.165) is 0 Å². The van der Waals surface area contributed by atoms with E-state index in [4.69, 9.17) is 20.8 Å². The third-order valence-corrected chi connectivity index (χ3v) is 6.34. The molecule has 0 radical (unpaired) electrons. The molecule has 3 aromatic rings. The first-order chi connectivity index (χ1) is 14.4. The van der Waals surface area contributed by atoms with Gasteiger partial charge in [-0.05, 0) is 53.5 Å². The van der Waals surface area contributed by atoms with E-state index in [1.54, 1.807) is 50.3 Å². The van der Waals surface area contributed by atoms with Gasteiger partial charge in [-0.2, -0.15) is 0 Å². The zero-order chi connectivity index (χ0) is 21.4. The summed E-state index contributed by atoms with van der Waals surface area (Å²) in [5.41, 5.74) is 1.13. The number of thiazole rings is 1. The Morgan fingerprint density at radius 1 is 1.37 bits per heavy atom. The van der Waals surface area contributed by atoms with Crippen LogP contribution in [0.25, 0.3) is 6.08 Å². The van der Waals surface area contributed by atoms with Crippen LogP contribution in [-0.2, 0) is 9.53 Å². The molecule has 0 unspecified atom stereocenters. The summed E-state index contributed by atoms with van der Waals surface area (Å²) in [6, 6.07) is 9.90. The molecule has 0 amide bonds. The Labute approximate surface area is 188 Å². The summed E-state index contributed by atoms with van der Waals surface area (Å²) < 4.78 is 13.3. The van der Waals surface area contributed by atoms with Crippen molar-refractivity contribution < 1.29 is 13.9 Å². The van der Waals surface area contributed by atoms with Gasteiger partial charge in [-0.15, -0.1) is 0 Å². The van der Waals surface area contributed by atoms with Crippen LogP contribution in [0.5, 0.6) is 0 Å². The third-order valence-electron chi connectivity index (χ3n) is 4.58. The molecule has 6 nitrogen and oxygen atoms in total. The van der Waals surface area contributed by atoms with E-state index in [0.29, 0.717) is 41.6 Å². The SMILES string of the molecule is CCOC(=O)C1=C(C)N=c2s/c(=C\c3ccc(Br)o3)c(=O)n2[C@H]1c1ccccc1Cl. The number of halogens is 2. The van der Waals surface area contributed by atoms with Gasteiger partial charge < -0.3 is 9.15 Å². The minimum Gasteiger partial charge on any atom is -0.463 e. The summed E-state index contributed by atoms with van der Waals surface area (Å²) in [5, 5.41) is 0.448. The van der Waals surface area contributed by atoms with E-state index in [1.165, 1.54) is 15.9 Å². The maximum Gasteiger partial charge on any atom is 0.338 e. The lowest BCUT2D eigenvalue weighted by Gasteiger charge is -2.25. The third kappa shape index (κ3) is 3.71. The Morgan fingerprint density at radius 3 is 2.80 bits per heavy atom. The first-order valence-electron chi connectivity index (χ1n) is 9.10. The lowest BCUT2D eigenvalue weighted by Crippen LogP contribution is -2.40. The van der Waals surface area contributed by atoms with Crippen LogP contribution in [0.15, 0.2) is 66.5 Å². The number of nitrogens with zero attached hydrogens (tertiary/aromatic N) is 2. The molecule has 0 saturated carbocycles. The summed E-state index contributed by atoms with van der Waals surface area (Å²) in [4.78, 5) is 31.2. The highest BCUT2D eigenvalue weighted by atomic mass is 79.9. The topological polar surface area (TPSA) is 73.8 Å². The molecule has 1 aromatic carbocycles. The van der Waals surface area contributed by atoms with E-state index in [9.17, 15) is 9.59 Å². The summed E-state index contributed by atoms with van der Waals surface area (Å²) in [7, 11) is 0. The van der Waals surface area contributed by atoms with Crippen molar-refractivity contribution in [3.05, 3.63) is 88.4 Å². The molecule has 0 aliphatic carbocycles. The van der Waals surface area contributed by atoms with Crippen LogP contribution >= 0.6 is 38.9 Å². The predicted molar refractivity (Wildman–Crippen MR) is 118 cm³/mol. The number of ether oxygens (including phenoxy) is 1. The maximum absolute atomic E-state index is 13.4.